The average molecular weight is 420 g/mol. The van der Waals surface area contributed by atoms with Crippen LogP contribution in [0.5, 0.6) is 0 Å². The maximum absolute atomic E-state index is 6.29. The van der Waals surface area contributed by atoms with Gasteiger partial charge in [0.1, 0.15) is 5.82 Å². The summed E-state index contributed by atoms with van der Waals surface area (Å²) < 4.78 is 1.64. The maximum atomic E-state index is 6.29. The smallest absolute Gasteiger partial charge is 0.190 e. The van der Waals surface area contributed by atoms with Gasteiger partial charge in [-0.25, -0.2) is 4.98 Å². The third-order valence-electron chi connectivity index (χ3n) is 4.88. The van der Waals surface area contributed by atoms with Gasteiger partial charge in [0, 0.05) is 23.3 Å². The van der Waals surface area contributed by atoms with E-state index in [0.717, 1.165) is 28.9 Å². The van der Waals surface area contributed by atoms with E-state index in [2.05, 4.69) is 63.8 Å². The SMILES string of the molecule is Cc1c(Cl)cccc1-n1nnnc1-c1cc(-c2ccc(CN(C)C)cc2)cnc1N. The Morgan fingerprint density at radius 3 is 2.57 bits per heavy atom. The van der Waals surface area contributed by atoms with Crippen LogP contribution in [-0.2, 0) is 6.54 Å². The first-order valence-corrected chi connectivity index (χ1v) is 9.85. The molecule has 0 spiro atoms. The maximum Gasteiger partial charge on any atom is 0.190 e. The first kappa shape index (κ1) is 20.0. The second-order valence-corrected chi connectivity index (χ2v) is 7.80. The van der Waals surface area contributed by atoms with Crippen molar-refractivity contribution in [3.05, 3.63) is 70.9 Å². The van der Waals surface area contributed by atoms with Gasteiger partial charge in [-0.3, -0.25) is 0 Å². The lowest BCUT2D eigenvalue weighted by atomic mass is 10.0. The van der Waals surface area contributed by atoms with Gasteiger partial charge in [-0.05, 0) is 66.3 Å². The van der Waals surface area contributed by atoms with Crippen molar-refractivity contribution in [1.82, 2.24) is 30.1 Å². The normalized spacial score (nSPS) is 11.2. The molecule has 0 aliphatic heterocycles. The fourth-order valence-corrected chi connectivity index (χ4v) is 3.49. The summed E-state index contributed by atoms with van der Waals surface area (Å²) in [6.45, 7) is 2.82. The van der Waals surface area contributed by atoms with Gasteiger partial charge in [0.15, 0.2) is 5.82 Å². The van der Waals surface area contributed by atoms with Gasteiger partial charge in [0.05, 0.1) is 11.3 Å². The van der Waals surface area contributed by atoms with E-state index in [1.807, 2.05) is 31.2 Å². The van der Waals surface area contributed by atoms with E-state index in [1.54, 1.807) is 10.9 Å². The van der Waals surface area contributed by atoms with E-state index in [4.69, 9.17) is 17.3 Å². The molecule has 152 valence electrons. The number of hydrogen-bond donors (Lipinski definition) is 1. The summed E-state index contributed by atoms with van der Waals surface area (Å²) in [4.78, 5) is 6.53. The highest BCUT2D eigenvalue weighted by Crippen LogP contribution is 2.31. The molecule has 7 nitrogen and oxygen atoms in total. The molecule has 2 heterocycles. The fourth-order valence-electron chi connectivity index (χ4n) is 3.32. The molecule has 0 fully saturated rings. The van der Waals surface area contributed by atoms with Crippen LogP contribution in [-0.4, -0.2) is 44.2 Å². The van der Waals surface area contributed by atoms with Gasteiger partial charge >= 0.3 is 0 Å². The Balaban J connectivity index is 1.76. The highest BCUT2D eigenvalue weighted by Gasteiger charge is 2.17. The minimum atomic E-state index is 0.360. The third-order valence-corrected chi connectivity index (χ3v) is 5.29. The first-order valence-electron chi connectivity index (χ1n) is 9.48. The summed E-state index contributed by atoms with van der Waals surface area (Å²) in [7, 11) is 4.10. The van der Waals surface area contributed by atoms with E-state index in [1.165, 1.54) is 5.56 Å². The van der Waals surface area contributed by atoms with Gasteiger partial charge in [-0.2, -0.15) is 4.68 Å². The van der Waals surface area contributed by atoms with Crippen LogP contribution >= 0.6 is 11.6 Å². The van der Waals surface area contributed by atoms with Crippen molar-refractivity contribution >= 4 is 17.4 Å². The quantitative estimate of drug-likeness (QED) is 0.526. The highest BCUT2D eigenvalue weighted by atomic mass is 35.5. The number of halogens is 1. The second-order valence-electron chi connectivity index (χ2n) is 7.39. The van der Waals surface area contributed by atoms with Crippen molar-refractivity contribution in [2.75, 3.05) is 19.8 Å². The van der Waals surface area contributed by atoms with Crippen LogP contribution in [0.2, 0.25) is 5.02 Å². The molecular formula is C22H22ClN7. The van der Waals surface area contributed by atoms with Crippen molar-refractivity contribution in [3.8, 4) is 28.2 Å². The number of hydrogen-bond acceptors (Lipinski definition) is 6. The van der Waals surface area contributed by atoms with Crippen LogP contribution in [0.1, 0.15) is 11.1 Å². The van der Waals surface area contributed by atoms with E-state index < -0.39 is 0 Å². The number of nitrogen functional groups attached to an aromatic ring is 1. The van der Waals surface area contributed by atoms with E-state index in [9.17, 15) is 0 Å². The molecule has 0 amide bonds. The fraction of sp³-hybridized carbons (Fsp3) is 0.182. The Morgan fingerprint density at radius 2 is 1.83 bits per heavy atom. The molecule has 2 aromatic heterocycles. The van der Waals surface area contributed by atoms with Crippen molar-refractivity contribution in [3.63, 3.8) is 0 Å². The van der Waals surface area contributed by atoms with Crippen molar-refractivity contribution in [2.45, 2.75) is 13.5 Å². The van der Waals surface area contributed by atoms with Crippen LogP contribution in [0.4, 0.5) is 5.82 Å². The molecule has 0 aliphatic carbocycles. The van der Waals surface area contributed by atoms with Crippen LogP contribution in [0, 0.1) is 6.92 Å². The summed E-state index contributed by atoms with van der Waals surface area (Å²) in [5.41, 5.74) is 11.8. The Morgan fingerprint density at radius 1 is 1.07 bits per heavy atom. The minimum Gasteiger partial charge on any atom is -0.383 e. The van der Waals surface area contributed by atoms with Crippen molar-refractivity contribution in [1.29, 1.82) is 0 Å². The molecule has 0 radical (unpaired) electrons. The number of rotatable bonds is 5. The van der Waals surface area contributed by atoms with E-state index in [-0.39, 0.29) is 0 Å². The van der Waals surface area contributed by atoms with Crippen LogP contribution in [0.15, 0.2) is 54.7 Å². The molecule has 0 unspecified atom stereocenters. The average Bonchev–Trinajstić information content (AvgIpc) is 3.20. The monoisotopic (exact) mass is 419 g/mol. The van der Waals surface area contributed by atoms with Gasteiger partial charge in [-0.15, -0.1) is 5.10 Å². The van der Waals surface area contributed by atoms with Crippen LogP contribution in [0.3, 0.4) is 0 Å². The zero-order valence-electron chi connectivity index (χ0n) is 17.0. The number of pyridine rings is 1. The molecule has 0 aliphatic rings. The lowest BCUT2D eigenvalue weighted by molar-refractivity contribution is 0.402. The predicted octanol–water partition coefficient (Wildman–Crippen LogP) is 4.00. The molecule has 0 atom stereocenters. The minimum absolute atomic E-state index is 0.360. The van der Waals surface area contributed by atoms with Crippen molar-refractivity contribution < 1.29 is 0 Å². The standard InChI is InChI=1S/C22H22ClN7/c1-14-19(23)5-4-6-20(14)30-22(26-27-28-30)18-11-17(12-25-21(18)24)16-9-7-15(8-10-16)13-29(2)3/h4-12H,13H2,1-3H3,(H2,24,25). The molecular weight excluding hydrogens is 398 g/mol. The highest BCUT2D eigenvalue weighted by molar-refractivity contribution is 6.31. The molecule has 0 bridgehead atoms. The third kappa shape index (κ3) is 3.90. The molecule has 2 aromatic carbocycles. The first-order chi connectivity index (χ1) is 14.4. The zero-order chi connectivity index (χ0) is 21.3. The van der Waals surface area contributed by atoms with Gasteiger partial charge < -0.3 is 10.6 Å². The van der Waals surface area contributed by atoms with Crippen LogP contribution < -0.4 is 5.73 Å². The molecule has 8 heteroatoms. The van der Waals surface area contributed by atoms with Gasteiger partial charge in [0.2, 0.25) is 0 Å². The van der Waals surface area contributed by atoms with Crippen molar-refractivity contribution in [2.24, 2.45) is 0 Å². The molecule has 30 heavy (non-hydrogen) atoms. The lowest BCUT2D eigenvalue weighted by Gasteiger charge is -2.12. The number of aromatic nitrogens is 5. The predicted molar refractivity (Wildman–Crippen MR) is 119 cm³/mol. The summed E-state index contributed by atoms with van der Waals surface area (Å²) >= 11 is 6.29. The number of tetrazole rings is 1. The zero-order valence-corrected chi connectivity index (χ0v) is 17.8. The summed E-state index contributed by atoms with van der Waals surface area (Å²) in [6.07, 6.45) is 1.76. The number of nitrogens with zero attached hydrogens (tertiary/aromatic N) is 6. The van der Waals surface area contributed by atoms with Gasteiger partial charge in [0.25, 0.3) is 0 Å². The topological polar surface area (TPSA) is 85.8 Å². The Hall–Kier alpha value is -3.29. The Kier molecular flexibility index (Phi) is 5.48. The largest absolute Gasteiger partial charge is 0.383 e. The second kappa shape index (κ2) is 8.22. The number of anilines is 1. The number of nitrogens with two attached hydrogens (primary N) is 1. The summed E-state index contributed by atoms with van der Waals surface area (Å²) in [5, 5.41) is 12.9. The molecule has 0 saturated carbocycles. The molecule has 0 saturated heterocycles. The molecule has 4 rings (SSSR count). The lowest BCUT2D eigenvalue weighted by Crippen LogP contribution is -2.10. The molecule has 2 N–H and O–H groups in total. The molecule has 4 aromatic rings. The van der Waals surface area contributed by atoms with Gasteiger partial charge in [-0.1, -0.05) is 41.9 Å². The Labute approximate surface area is 180 Å². The Bertz CT molecular complexity index is 1180. The summed E-state index contributed by atoms with van der Waals surface area (Å²) in [5.74, 6) is 0.871. The van der Waals surface area contributed by atoms with E-state index >= 15 is 0 Å². The van der Waals surface area contributed by atoms with Crippen LogP contribution in [0.25, 0.3) is 28.2 Å². The number of benzene rings is 2. The van der Waals surface area contributed by atoms with E-state index in [0.29, 0.717) is 22.2 Å². The summed E-state index contributed by atoms with van der Waals surface area (Å²) in [6, 6.07) is 16.0.